The SMILES string of the molecule is COc1cc(CNC(=O)Cn2cnc3sc4c(c3c2=O)CCC4)ccc1OCc1ccccc1. The van der Waals surface area contributed by atoms with Gasteiger partial charge in [-0.25, -0.2) is 4.98 Å². The van der Waals surface area contributed by atoms with E-state index in [0.29, 0.717) is 30.0 Å². The molecule has 0 fully saturated rings. The maximum atomic E-state index is 13.0. The molecule has 2 aromatic carbocycles. The van der Waals surface area contributed by atoms with Crippen molar-refractivity contribution in [3.05, 3.63) is 86.8 Å². The lowest BCUT2D eigenvalue weighted by Crippen LogP contribution is -2.32. The van der Waals surface area contributed by atoms with E-state index in [0.717, 1.165) is 40.8 Å². The molecule has 2 aromatic heterocycles. The first-order valence-electron chi connectivity index (χ1n) is 11.2. The molecule has 4 aromatic rings. The van der Waals surface area contributed by atoms with Crippen LogP contribution in [0.2, 0.25) is 0 Å². The molecule has 0 saturated heterocycles. The molecule has 0 bridgehead atoms. The van der Waals surface area contributed by atoms with Crippen molar-refractivity contribution in [2.24, 2.45) is 0 Å². The van der Waals surface area contributed by atoms with Crippen LogP contribution in [-0.4, -0.2) is 22.6 Å². The Bertz CT molecular complexity index is 1390. The van der Waals surface area contributed by atoms with Gasteiger partial charge in [-0.2, -0.15) is 0 Å². The number of thiophene rings is 1. The first-order valence-corrected chi connectivity index (χ1v) is 12.0. The minimum atomic E-state index is -0.251. The predicted octanol–water partition coefficient (Wildman–Crippen LogP) is 3.85. The number of amides is 1. The quantitative estimate of drug-likeness (QED) is 0.419. The van der Waals surface area contributed by atoms with Gasteiger partial charge in [0, 0.05) is 11.4 Å². The number of hydrogen-bond donors (Lipinski definition) is 1. The zero-order chi connectivity index (χ0) is 23.5. The second-order valence-corrected chi connectivity index (χ2v) is 9.33. The fourth-order valence-electron chi connectivity index (χ4n) is 4.22. The third-order valence-corrected chi connectivity index (χ3v) is 7.16. The van der Waals surface area contributed by atoms with Crippen molar-refractivity contribution in [1.82, 2.24) is 14.9 Å². The van der Waals surface area contributed by atoms with Gasteiger partial charge in [0.2, 0.25) is 5.91 Å². The molecule has 7 nitrogen and oxygen atoms in total. The maximum absolute atomic E-state index is 13.0. The van der Waals surface area contributed by atoms with E-state index in [1.165, 1.54) is 15.8 Å². The molecule has 5 rings (SSSR count). The highest BCUT2D eigenvalue weighted by Crippen LogP contribution is 2.34. The zero-order valence-electron chi connectivity index (χ0n) is 18.9. The van der Waals surface area contributed by atoms with Gasteiger partial charge in [0.1, 0.15) is 18.0 Å². The average molecular weight is 476 g/mol. The van der Waals surface area contributed by atoms with Crippen LogP contribution in [-0.2, 0) is 37.3 Å². The van der Waals surface area contributed by atoms with E-state index in [4.69, 9.17) is 9.47 Å². The van der Waals surface area contributed by atoms with E-state index in [1.807, 2.05) is 48.5 Å². The highest BCUT2D eigenvalue weighted by Gasteiger charge is 2.21. The zero-order valence-corrected chi connectivity index (χ0v) is 19.7. The fourth-order valence-corrected chi connectivity index (χ4v) is 5.44. The van der Waals surface area contributed by atoms with Crippen molar-refractivity contribution in [1.29, 1.82) is 0 Å². The van der Waals surface area contributed by atoms with Gasteiger partial charge in [0.05, 0.1) is 18.8 Å². The Morgan fingerprint density at radius 2 is 1.97 bits per heavy atom. The Hall–Kier alpha value is -3.65. The molecule has 1 aliphatic carbocycles. The lowest BCUT2D eigenvalue weighted by atomic mass is 10.2. The molecule has 0 spiro atoms. The summed E-state index contributed by atoms with van der Waals surface area (Å²) in [5.41, 5.74) is 2.92. The minimum absolute atomic E-state index is 0.0677. The number of carbonyl (C=O) groups is 1. The summed E-state index contributed by atoms with van der Waals surface area (Å²) in [6, 6.07) is 15.5. The van der Waals surface area contributed by atoms with Crippen molar-refractivity contribution < 1.29 is 14.3 Å². The molecule has 1 aliphatic rings. The average Bonchev–Trinajstić information content (AvgIpc) is 3.45. The Morgan fingerprint density at radius 1 is 1.12 bits per heavy atom. The fraction of sp³-hybridized carbons (Fsp3) is 0.269. The summed E-state index contributed by atoms with van der Waals surface area (Å²) in [5, 5.41) is 3.56. The van der Waals surface area contributed by atoms with Gasteiger partial charge in [-0.05, 0) is 48.1 Å². The van der Waals surface area contributed by atoms with Gasteiger partial charge in [0.25, 0.3) is 5.56 Å². The van der Waals surface area contributed by atoms with Gasteiger partial charge in [-0.3, -0.25) is 14.2 Å². The number of ether oxygens (including phenoxy) is 2. The second kappa shape index (κ2) is 9.69. The first-order chi connectivity index (χ1) is 16.6. The summed E-state index contributed by atoms with van der Waals surface area (Å²) in [6.07, 6.45) is 4.47. The molecule has 0 saturated carbocycles. The normalized spacial score (nSPS) is 12.5. The van der Waals surface area contributed by atoms with Crippen LogP contribution in [0.3, 0.4) is 0 Å². The number of hydrogen-bond acceptors (Lipinski definition) is 6. The second-order valence-electron chi connectivity index (χ2n) is 8.25. The molecule has 0 aliphatic heterocycles. The number of benzene rings is 2. The summed E-state index contributed by atoms with van der Waals surface area (Å²) >= 11 is 1.60. The largest absolute Gasteiger partial charge is 0.493 e. The van der Waals surface area contributed by atoms with Crippen LogP contribution in [0, 0.1) is 0 Å². The van der Waals surface area contributed by atoms with Gasteiger partial charge in [-0.1, -0.05) is 36.4 Å². The van der Waals surface area contributed by atoms with Crippen LogP contribution < -0.4 is 20.3 Å². The predicted molar refractivity (Wildman–Crippen MR) is 132 cm³/mol. The molecule has 0 atom stereocenters. The third-order valence-electron chi connectivity index (χ3n) is 5.96. The highest BCUT2D eigenvalue weighted by molar-refractivity contribution is 7.18. The van der Waals surface area contributed by atoms with E-state index >= 15 is 0 Å². The van der Waals surface area contributed by atoms with Crippen LogP contribution in [0.4, 0.5) is 0 Å². The van der Waals surface area contributed by atoms with E-state index in [1.54, 1.807) is 18.4 Å². The standard InChI is InChI=1S/C26H25N3O4S/c1-32-21-12-18(10-11-20(21)33-15-17-6-3-2-4-7-17)13-27-23(30)14-29-16-28-25-24(26(29)31)19-8-5-9-22(19)34-25/h2-4,6-7,10-12,16H,5,8-9,13-15H2,1H3,(H,27,30). The lowest BCUT2D eigenvalue weighted by molar-refractivity contribution is -0.121. The topological polar surface area (TPSA) is 82.5 Å². The number of methoxy groups -OCH3 is 1. The smallest absolute Gasteiger partial charge is 0.262 e. The molecule has 0 unspecified atom stereocenters. The molecule has 8 heteroatoms. The summed E-state index contributed by atoms with van der Waals surface area (Å²) in [4.78, 5) is 32.0. The number of carbonyl (C=O) groups excluding carboxylic acids is 1. The van der Waals surface area contributed by atoms with Crippen molar-refractivity contribution in [2.75, 3.05) is 7.11 Å². The Balaban J connectivity index is 1.22. The molecule has 2 heterocycles. The Labute approximate surface area is 201 Å². The van der Waals surface area contributed by atoms with E-state index in [2.05, 4.69) is 10.3 Å². The minimum Gasteiger partial charge on any atom is -0.493 e. The van der Waals surface area contributed by atoms with Crippen LogP contribution >= 0.6 is 11.3 Å². The van der Waals surface area contributed by atoms with E-state index < -0.39 is 0 Å². The van der Waals surface area contributed by atoms with Crippen molar-refractivity contribution in [2.45, 2.75) is 39.0 Å². The van der Waals surface area contributed by atoms with Crippen molar-refractivity contribution in [3.8, 4) is 11.5 Å². The van der Waals surface area contributed by atoms with Crippen LogP contribution in [0.25, 0.3) is 10.2 Å². The number of fused-ring (bicyclic) bond motifs is 3. The number of aryl methyl sites for hydroxylation is 2. The summed E-state index contributed by atoms with van der Waals surface area (Å²) in [7, 11) is 1.59. The molecule has 0 radical (unpaired) electrons. The molecule has 174 valence electrons. The van der Waals surface area contributed by atoms with Gasteiger partial charge in [0.15, 0.2) is 11.5 Å². The van der Waals surface area contributed by atoms with Gasteiger partial charge >= 0.3 is 0 Å². The monoisotopic (exact) mass is 475 g/mol. The molecule has 1 N–H and O–H groups in total. The van der Waals surface area contributed by atoms with E-state index in [9.17, 15) is 9.59 Å². The van der Waals surface area contributed by atoms with Crippen molar-refractivity contribution in [3.63, 3.8) is 0 Å². The maximum Gasteiger partial charge on any atom is 0.262 e. The van der Waals surface area contributed by atoms with Gasteiger partial charge < -0.3 is 14.8 Å². The molecular formula is C26H25N3O4S. The van der Waals surface area contributed by atoms with Gasteiger partial charge in [-0.15, -0.1) is 11.3 Å². The van der Waals surface area contributed by atoms with Crippen LogP contribution in [0.1, 0.15) is 28.0 Å². The van der Waals surface area contributed by atoms with Crippen LogP contribution in [0.15, 0.2) is 59.7 Å². The number of nitrogens with one attached hydrogen (secondary N) is 1. The summed E-state index contributed by atoms with van der Waals surface area (Å²) < 4.78 is 12.8. The third kappa shape index (κ3) is 4.54. The number of rotatable bonds is 8. The molecular weight excluding hydrogens is 450 g/mol. The lowest BCUT2D eigenvalue weighted by Gasteiger charge is -2.13. The van der Waals surface area contributed by atoms with E-state index in [-0.39, 0.29) is 18.0 Å². The molecule has 34 heavy (non-hydrogen) atoms. The van der Waals surface area contributed by atoms with Crippen molar-refractivity contribution >= 4 is 27.5 Å². The Kier molecular flexibility index (Phi) is 6.31. The number of aromatic nitrogens is 2. The number of nitrogens with zero attached hydrogens (tertiary/aromatic N) is 2. The first kappa shape index (κ1) is 22.2. The summed E-state index contributed by atoms with van der Waals surface area (Å²) in [5.74, 6) is 0.981. The Morgan fingerprint density at radius 3 is 2.79 bits per heavy atom. The highest BCUT2D eigenvalue weighted by atomic mass is 32.1. The summed E-state index contributed by atoms with van der Waals surface area (Å²) in [6.45, 7) is 0.683. The molecule has 1 amide bonds. The van der Waals surface area contributed by atoms with Crippen LogP contribution in [0.5, 0.6) is 11.5 Å².